The molecule has 0 spiro atoms. The van der Waals surface area contributed by atoms with Crippen molar-refractivity contribution >= 4 is 0 Å². The van der Waals surface area contributed by atoms with Crippen molar-refractivity contribution in [2.45, 2.75) is 39.8 Å². The van der Waals surface area contributed by atoms with Gasteiger partial charge in [-0.1, -0.05) is 13.8 Å². The summed E-state index contributed by atoms with van der Waals surface area (Å²) in [7, 11) is 0. The maximum Gasteiger partial charge on any atom is 0.0328 e. The Morgan fingerprint density at radius 2 is 2.14 bits per heavy atom. The Bertz CT molecular complexity index is 312. The van der Waals surface area contributed by atoms with Gasteiger partial charge in [-0.25, -0.2) is 0 Å². The second-order valence-corrected chi connectivity index (χ2v) is 4.61. The van der Waals surface area contributed by atoms with Crippen LogP contribution < -0.4 is 5.32 Å². The minimum absolute atomic E-state index is 0.622. The molecule has 1 aromatic heterocycles. The molecule has 2 rings (SSSR count). The van der Waals surface area contributed by atoms with E-state index in [1.807, 2.05) is 0 Å². The van der Waals surface area contributed by atoms with Crippen molar-refractivity contribution in [3.05, 3.63) is 23.5 Å². The number of aromatic nitrogens is 1. The Labute approximate surface area is 86.3 Å². The molecule has 2 heterocycles. The first-order chi connectivity index (χ1) is 6.70. The van der Waals surface area contributed by atoms with E-state index in [1.165, 1.54) is 12.0 Å². The summed E-state index contributed by atoms with van der Waals surface area (Å²) in [5.41, 5.74) is 3.04. The molecule has 0 saturated heterocycles. The summed E-state index contributed by atoms with van der Waals surface area (Å²) in [5, 5.41) is 3.41. The predicted molar refractivity (Wildman–Crippen MR) is 59.4 cm³/mol. The molecule has 1 N–H and O–H groups in total. The van der Waals surface area contributed by atoms with Crippen molar-refractivity contribution < 1.29 is 0 Å². The highest BCUT2D eigenvalue weighted by Gasteiger charge is 2.17. The first-order valence-electron chi connectivity index (χ1n) is 5.59. The van der Waals surface area contributed by atoms with Crippen LogP contribution in [0.15, 0.2) is 12.3 Å². The normalized spacial score (nSPS) is 18.3. The summed E-state index contributed by atoms with van der Waals surface area (Å²) in [6, 6.07) is 2.89. The molecule has 0 saturated carbocycles. The van der Waals surface area contributed by atoms with Gasteiger partial charge in [-0.2, -0.15) is 0 Å². The number of nitrogens with zero attached hydrogens (tertiary/aromatic N) is 1. The smallest absolute Gasteiger partial charge is 0.0328 e. The van der Waals surface area contributed by atoms with E-state index >= 15 is 0 Å². The molecule has 0 aromatic carbocycles. The molecule has 0 fully saturated rings. The van der Waals surface area contributed by atoms with Crippen LogP contribution in [-0.2, 0) is 13.0 Å². The lowest BCUT2D eigenvalue weighted by Crippen LogP contribution is -2.26. The van der Waals surface area contributed by atoms with Crippen molar-refractivity contribution in [3.8, 4) is 0 Å². The molecular formula is C12H20N2. The number of hydrogen-bond acceptors (Lipinski definition) is 1. The number of nitrogens with one attached hydrogen (secondary N) is 1. The maximum absolute atomic E-state index is 3.41. The van der Waals surface area contributed by atoms with Crippen LogP contribution in [-0.4, -0.2) is 11.1 Å². The zero-order chi connectivity index (χ0) is 10.1. The summed E-state index contributed by atoms with van der Waals surface area (Å²) >= 11 is 0. The SMILES string of the molecule is CC(C)C(C)n1ccc2c1CCNC2. The lowest BCUT2D eigenvalue weighted by molar-refractivity contribution is 0.394. The average molecular weight is 192 g/mol. The fourth-order valence-electron chi connectivity index (χ4n) is 2.11. The maximum atomic E-state index is 3.41. The number of hydrogen-bond donors (Lipinski definition) is 1. The summed E-state index contributed by atoms with van der Waals surface area (Å²) in [4.78, 5) is 0. The summed E-state index contributed by atoms with van der Waals surface area (Å²) < 4.78 is 2.46. The molecule has 1 unspecified atom stereocenters. The van der Waals surface area contributed by atoms with Crippen LogP contribution in [0.25, 0.3) is 0 Å². The molecule has 1 aliphatic heterocycles. The van der Waals surface area contributed by atoms with Crippen LogP contribution in [0, 0.1) is 5.92 Å². The molecule has 1 aromatic rings. The van der Waals surface area contributed by atoms with Crippen molar-refractivity contribution in [1.29, 1.82) is 0 Å². The van der Waals surface area contributed by atoms with Crippen molar-refractivity contribution in [3.63, 3.8) is 0 Å². The monoisotopic (exact) mass is 192 g/mol. The van der Waals surface area contributed by atoms with Gasteiger partial charge >= 0.3 is 0 Å². The Morgan fingerprint density at radius 3 is 2.86 bits per heavy atom. The average Bonchev–Trinajstić information content (AvgIpc) is 2.60. The molecule has 0 aliphatic carbocycles. The highest BCUT2D eigenvalue weighted by molar-refractivity contribution is 5.25. The fraction of sp³-hybridized carbons (Fsp3) is 0.667. The predicted octanol–water partition coefficient (Wildman–Crippen LogP) is 2.35. The van der Waals surface area contributed by atoms with Crippen molar-refractivity contribution in [2.75, 3.05) is 6.54 Å². The zero-order valence-electron chi connectivity index (χ0n) is 9.38. The summed E-state index contributed by atoms with van der Waals surface area (Å²) in [6.45, 7) is 9.07. The molecule has 0 bridgehead atoms. The van der Waals surface area contributed by atoms with Crippen LogP contribution in [0.3, 0.4) is 0 Å². The van der Waals surface area contributed by atoms with Gasteiger partial charge in [-0.05, 0) is 24.5 Å². The third kappa shape index (κ3) is 1.59. The Morgan fingerprint density at radius 1 is 1.36 bits per heavy atom. The third-order valence-corrected chi connectivity index (χ3v) is 3.38. The van der Waals surface area contributed by atoms with Gasteiger partial charge in [-0.15, -0.1) is 0 Å². The molecule has 1 atom stereocenters. The van der Waals surface area contributed by atoms with E-state index in [9.17, 15) is 0 Å². The van der Waals surface area contributed by atoms with Gasteiger partial charge in [0.2, 0.25) is 0 Å². The van der Waals surface area contributed by atoms with E-state index < -0.39 is 0 Å². The van der Waals surface area contributed by atoms with Crippen molar-refractivity contribution in [1.82, 2.24) is 9.88 Å². The van der Waals surface area contributed by atoms with Gasteiger partial charge in [0.1, 0.15) is 0 Å². The Balaban J connectivity index is 2.30. The quantitative estimate of drug-likeness (QED) is 0.761. The molecule has 14 heavy (non-hydrogen) atoms. The molecular weight excluding hydrogens is 172 g/mol. The molecule has 2 nitrogen and oxygen atoms in total. The largest absolute Gasteiger partial charge is 0.348 e. The van der Waals surface area contributed by atoms with Gasteiger partial charge in [0.15, 0.2) is 0 Å². The van der Waals surface area contributed by atoms with Gasteiger partial charge < -0.3 is 9.88 Å². The highest BCUT2D eigenvalue weighted by Crippen LogP contribution is 2.24. The fourth-order valence-corrected chi connectivity index (χ4v) is 2.11. The molecule has 0 radical (unpaired) electrons. The van der Waals surface area contributed by atoms with Crippen LogP contribution in [0.5, 0.6) is 0 Å². The molecule has 2 heteroatoms. The first-order valence-corrected chi connectivity index (χ1v) is 5.59. The van der Waals surface area contributed by atoms with E-state index in [1.54, 1.807) is 5.69 Å². The molecule has 1 aliphatic rings. The second kappa shape index (κ2) is 3.77. The summed E-state index contributed by atoms with van der Waals surface area (Å²) in [5.74, 6) is 0.710. The summed E-state index contributed by atoms with van der Waals surface area (Å²) in [6.07, 6.45) is 3.43. The molecule has 0 amide bonds. The van der Waals surface area contributed by atoms with E-state index in [-0.39, 0.29) is 0 Å². The minimum Gasteiger partial charge on any atom is -0.348 e. The van der Waals surface area contributed by atoms with Crippen LogP contribution >= 0.6 is 0 Å². The van der Waals surface area contributed by atoms with Gasteiger partial charge in [0.25, 0.3) is 0 Å². The first kappa shape index (κ1) is 9.78. The van der Waals surface area contributed by atoms with E-state index in [2.05, 4.69) is 42.9 Å². The van der Waals surface area contributed by atoms with Gasteiger partial charge in [-0.3, -0.25) is 0 Å². The zero-order valence-corrected chi connectivity index (χ0v) is 9.38. The van der Waals surface area contributed by atoms with Gasteiger partial charge in [0, 0.05) is 37.4 Å². The Kier molecular flexibility index (Phi) is 2.64. The second-order valence-electron chi connectivity index (χ2n) is 4.61. The topological polar surface area (TPSA) is 17.0 Å². The third-order valence-electron chi connectivity index (χ3n) is 3.38. The van der Waals surface area contributed by atoms with Crippen LogP contribution in [0.4, 0.5) is 0 Å². The van der Waals surface area contributed by atoms with E-state index in [0.717, 1.165) is 13.1 Å². The number of fused-ring (bicyclic) bond motifs is 1. The standard InChI is InChI=1S/C12H20N2/c1-9(2)10(3)14-7-5-11-8-13-6-4-12(11)14/h5,7,9-10,13H,4,6,8H2,1-3H3. The highest BCUT2D eigenvalue weighted by atomic mass is 15.0. The lowest BCUT2D eigenvalue weighted by atomic mass is 10.0. The van der Waals surface area contributed by atoms with E-state index in [4.69, 9.17) is 0 Å². The minimum atomic E-state index is 0.622. The van der Waals surface area contributed by atoms with Gasteiger partial charge in [0.05, 0.1) is 0 Å². The van der Waals surface area contributed by atoms with Crippen LogP contribution in [0.2, 0.25) is 0 Å². The molecule has 78 valence electrons. The Hall–Kier alpha value is -0.760. The van der Waals surface area contributed by atoms with E-state index in [0.29, 0.717) is 12.0 Å². The lowest BCUT2D eigenvalue weighted by Gasteiger charge is -2.23. The number of rotatable bonds is 2. The van der Waals surface area contributed by atoms with Crippen LogP contribution in [0.1, 0.15) is 38.1 Å². The van der Waals surface area contributed by atoms with Crippen molar-refractivity contribution in [2.24, 2.45) is 5.92 Å².